The lowest BCUT2D eigenvalue weighted by molar-refractivity contribution is -0.137. The minimum atomic E-state index is -4.34. The summed E-state index contributed by atoms with van der Waals surface area (Å²) in [6, 6.07) is 9.05. The Kier molecular flexibility index (Phi) is 5.60. The van der Waals surface area contributed by atoms with Crippen LogP contribution in [0.2, 0.25) is 0 Å². The summed E-state index contributed by atoms with van der Waals surface area (Å²) in [4.78, 5) is 16.4. The van der Waals surface area contributed by atoms with Crippen molar-refractivity contribution in [2.24, 2.45) is 0 Å². The van der Waals surface area contributed by atoms with Gasteiger partial charge in [0.1, 0.15) is 11.5 Å². The van der Waals surface area contributed by atoms with Gasteiger partial charge in [0.05, 0.1) is 18.7 Å². The quantitative estimate of drug-likeness (QED) is 0.721. The zero-order chi connectivity index (χ0) is 19.6. The fourth-order valence-corrected chi connectivity index (χ4v) is 3.03. The van der Waals surface area contributed by atoms with E-state index in [9.17, 15) is 18.0 Å². The van der Waals surface area contributed by atoms with E-state index in [-0.39, 0.29) is 18.5 Å². The third-order valence-electron chi connectivity index (χ3n) is 4.57. The van der Waals surface area contributed by atoms with Crippen molar-refractivity contribution >= 4 is 5.91 Å². The number of likely N-dealkylation sites (N-methyl/N-ethyl adjacent to an activating group) is 1. The summed E-state index contributed by atoms with van der Waals surface area (Å²) in [5, 5.41) is 0. The molecule has 0 aliphatic heterocycles. The highest BCUT2D eigenvalue weighted by molar-refractivity contribution is 5.78. The van der Waals surface area contributed by atoms with Gasteiger partial charge in [-0.2, -0.15) is 13.2 Å². The molecule has 1 fully saturated rings. The lowest BCUT2D eigenvalue weighted by atomic mass is 10.1. The Morgan fingerprint density at radius 1 is 1.11 bits per heavy atom. The average molecular weight is 380 g/mol. The molecule has 0 radical (unpaired) electrons. The van der Waals surface area contributed by atoms with E-state index in [2.05, 4.69) is 0 Å². The molecule has 27 heavy (non-hydrogen) atoms. The number of furan rings is 1. The summed E-state index contributed by atoms with van der Waals surface area (Å²) in [7, 11) is 1.79. The van der Waals surface area contributed by atoms with Crippen LogP contribution in [0.5, 0.6) is 0 Å². The molecular formula is C20H23F3N2O2. The van der Waals surface area contributed by atoms with Crippen molar-refractivity contribution in [3.8, 4) is 0 Å². The first kappa shape index (κ1) is 19.5. The maximum atomic E-state index is 12.7. The summed E-state index contributed by atoms with van der Waals surface area (Å²) in [6.45, 7) is 2.93. The van der Waals surface area contributed by atoms with Crippen molar-refractivity contribution in [3.05, 3.63) is 59.0 Å². The van der Waals surface area contributed by atoms with Crippen LogP contribution in [0.15, 0.2) is 40.8 Å². The van der Waals surface area contributed by atoms with Crippen molar-refractivity contribution < 1.29 is 22.4 Å². The monoisotopic (exact) mass is 380 g/mol. The molecule has 1 saturated carbocycles. The normalized spacial score (nSPS) is 14.6. The molecule has 0 spiro atoms. The molecule has 1 aromatic heterocycles. The fraction of sp³-hybridized carbons (Fsp3) is 0.450. The number of benzene rings is 1. The van der Waals surface area contributed by atoms with Gasteiger partial charge in [0.15, 0.2) is 0 Å². The highest BCUT2D eigenvalue weighted by Gasteiger charge is 2.33. The topological polar surface area (TPSA) is 36.7 Å². The van der Waals surface area contributed by atoms with E-state index in [1.807, 2.05) is 28.9 Å². The molecule has 0 unspecified atom stereocenters. The Balaban J connectivity index is 1.57. The lowest BCUT2D eigenvalue weighted by Gasteiger charge is -2.25. The molecule has 3 rings (SSSR count). The van der Waals surface area contributed by atoms with E-state index in [1.165, 1.54) is 12.1 Å². The third kappa shape index (κ3) is 5.35. The number of nitrogens with zero attached hydrogens (tertiary/aromatic N) is 2. The van der Waals surface area contributed by atoms with Crippen LogP contribution in [-0.4, -0.2) is 35.3 Å². The summed E-state index contributed by atoms with van der Waals surface area (Å²) in [5.41, 5.74) is 0.0663. The molecule has 2 aromatic rings. The van der Waals surface area contributed by atoms with Gasteiger partial charge in [-0.25, -0.2) is 0 Å². The molecule has 4 nitrogen and oxygen atoms in total. The molecule has 0 saturated heterocycles. The predicted molar refractivity (Wildman–Crippen MR) is 94.8 cm³/mol. The van der Waals surface area contributed by atoms with Crippen LogP contribution in [0.25, 0.3) is 0 Å². The molecule has 7 heteroatoms. The summed E-state index contributed by atoms with van der Waals surface area (Å²) < 4.78 is 43.5. The molecule has 1 aliphatic carbocycles. The van der Waals surface area contributed by atoms with Gasteiger partial charge in [-0.05, 0) is 56.6 Å². The van der Waals surface area contributed by atoms with E-state index in [4.69, 9.17) is 4.42 Å². The first-order valence-corrected chi connectivity index (χ1v) is 8.92. The van der Waals surface area contributed by atoms with Gasteiger partial charge in [0, 0.05) is 12.6 Å². The van der Waals surface area contributed by atoms with Crippen LogP contribution in [-0.2, 0) is 24.1 Å². The Morgan fingerprint density at radius 2 is 1.78 bits per heavy atom. The molecule has 0 N–H and O–H groups in total. The molecular weight excluding hydrogens is 357 g/mol. The van der Waals surface area contributed by atoms with Gasteiger partial charge in [-0.15, -0.1) is 0 Å². The summed E-state index contributed by atoms with van der Waals surface area (Å²) in [5.74, 6) is 1.58. The van der Waals surface area contributed by atoms with Gasteiger partial charge in [0.25, 0.3) is 0 Å². The number of carbonyl (C=O) groups excluding carboxylic acids is 1. The van der Waals surface area contributed by atoms with Crippen LogP contribution in [0.3, 0.4) is 0 Å². The van der Waals surface area contributed by atoms with Crippen LogP contribution in [0.1, 0.15) is 35.5 Å². The molecule has 146 valence electrons. The number of hydrogen-bond donors (Lipinski definition) is 0. The standard InChI is InChI=1S/C20H23F3N2O2/c1-14-3-10-18(27-14)12-25(17-8-9-17)19(26)13-24(2)11-15-4-6-16(7-5-15)20(21,22)23/h3-7,10,17H,8-9,11-13H2,1-2H3. The third-order valence-corrected chi connectivity index (χ3v) is 4.57. The van der Waals surface area contributed by atoms with E-state index >= 15 is 0 Å². The number of hydrogen-bond acceptors (Lipinski definition) is 3. The number of alkyl halides is 3. The van der Waals surface area contributed by atoms with Crippen molar-refractivity contribution in [2.75, 3.05) is 13.6 Å². The first-order chi connectivity index (χ1) is 12.7. The van der Waals surface area contributed by atoms with E-state index < -0.39 is 11.7 Å². The SMILES string of the molecule is Cc1ccc(CN(C(=O)CN(C)Cc2ccc(C(F)(F)F)cc2)C2CC2)o1. The second-order valence-corrected chi connectivity index (χ2v) is 7.13. The minimum absolute atomic E-state index is 0.000893. The number of rotatable bonds is 7. The van der Waals surface area contributed by atoms with Crippen LogP contribution in [0.4, 0.5) is 13.2 Å². The van der Waals surface area contributed by atoms with Gasteiger partial charge >= 0.3 is 6.18 Å². The highest BCUT2D eigenvalue weighted by Crippen LogP contribution is 2.30. The van der Waals surface area contributed by atoms with Gasteiger partial charge in [0.2, 0.25) is 5.91 Å². The molecule has 1 aromatic carbocycles. The maximum Gasteiger partial charge on any atom is 0.416 e. The zero-order valence-corrected chi connectivity index (χ0v) is 15.4. The van der Waals surface area contributed by atoms with Crippen LogP contribution in [0, 0.1) is 6.92 Å². The van der Waals surface area contributed by atoms with Crippen molar-refractivity contribution in [3.63, 3.8) is 0 Å². The average Bonchev–Trinajstić information content (AvgIpc) is 3.34. The van der Waals surface area contributed by atoms with Gasteiger partial charge in [-0.1, -0.05) is 12.1 Å². The second-order valence-electron chi connectivity index (χ2n) is 7.13. The molecule has 0 bridgehead atoms. The number of aryl methyl sites for hydroxylation is 1. The Labute approximate surface area is 156 Å². The van der Waals surface area contributed by atoms with Gasteiger partial charge in [-0.3, -0.25) is 9.69 Å². The number of halogens is 3. The number of carbonyl (C=O) groups is 1. The van der Waals surface area contributed by atoms with E-state index in [0.29, 0.717) is 13.1 Å². The maximum absolute atomic E-state index is 12.7. The van der Waals surface area contributed by atoms with Gasteiger partial charge < -0.3 is 9.32 Å². The Hall–Kier alpha value is -2.28. The smallest absolute Gasteiger partial charge is 0.416 e. The first-order valence-electron chi connectivity index (χ1n) is 8.92. The van der Waals surface area contributed by atoms with Crippen molar-refractivity contribution in [2.45, 2.75) is 45.1 Å². The van der Waals surface area contributed by atoms with Crippen LogP contribution >= 0.6 is 0 Å². The summed E-state index contributed by atoms with van der Waals surface area (Å²) >= 11 is 0. The molecule has 0 atom stereocenters. The largest absolute Gasteiger partial charge is 0.464 e. The van der Waals surface area contributed by atoms with Crippen LogP contribution < -0.4 is 0 Å². The molecule has 1 amide bonds. The Morgan fingerprint density at radius 3 is 2.30 bits per heavy atom. The minimum Gasteiger partial charge on any atom is -0.464 e. The zero-order valence-electron chi connectivity index (χ0n) is 15.4. The second kappa shape index (κ2) is 7.76. The van der Waals surface area contributed by atoms with E-state index in [1.54, 1.807) is 7.05 Å². The van der Waals surface area contributed by atoms with Crippen molar-refractivity contribution in [1.29, 1.82) is 0 Å². The number of amides is 1. The molecule has 1 heterocycles. The van der Waals surface area contributed by atoms with E-state index in [0.717, 1.165) is 42.1 Å². The Bertz CT molecular complexity index is 779. The summed E-state index contributed by atoms with van der Waals surface area (Å²) in [6.07, 6.45) is -2.35. The predicted octanol–water partition coefficient (Wildman–Crippen LogP) is 4.23. The molecule has 1 aliphatic rings. The highest BCUT2D eigenvalue weighted by atomic mass is 19.4. The lowest BCUT2D eigenvalue weighted by Crippen LogP contribution is -2.39. The van der Waals surface area contributed by atoms with Crippen molar-refractivity contribution in [1.82, 2.24) is 9.80 Å². The fourth-order valence-electron chi connectivity index (χ4n) is 3.03.